The van der Waals surface area contributed by atoms with Gasteiger partial charge in [-0.1, -0.05) is 24.3 Å². The van der Waals surface area contributed by atoms with E-state index in [0.717, 1.165) is 30.4 Å². The van der Waals surface area contributed by atoms with E-state index < -0.39 is 5.60 Å². The quantitative estimate of drug-likeness (QED) is 0.761. The van der Waals surface area contributed by atoms with E-state index in [9.17, 15) is 4.79 Å². The number of ether oxygens (including phenoxy) is 2. The van der Waals surface area contributed by atoms with Crippen molar-refractivity contribution in [2.24, 2.45) is 0 Å². The monoisotopic (exact) mass is 398 g/mol. The molecule has 0 saturated carbocycles. The maximum atomic E-state index is 12.2. The summed E-state index contributed by atoms with van der Waals surface area (Å²) in [6.07, 6.45) is 5.71. The van der Waals surface area contributed by atoms with Crippen molar-refractivity contribution in [3.63, 3.8) is 0 Å². The van der Waals surface area contributed by atoms with Gasteiger partial charge in [-0.3, -0.25) is 4.98 Å². The Labute approximate surface area is 172 Å². The summed E-state index contributed by atoms with van der Waals surface area (Å²) in [5.41, 5.74) is 2.73. The molecule has 3 rings (SSSR count). The number of nitrogens with zero attached hydrogens (tertiary/aromatic N) is 2. The standard InChI is InChI=1S/C23H30N2O4/c1-23(2,3)29-22(27)25-10-9-20(25)16-28-21-13-19(14-24-15-21)18-8-4-6-17(12-18)7-5-11-26/h4,6,8,12-15,20,26H,5,7,9-11,16H2,1-3H3. The topological polar surface area (TPSA) is 71.9 Å². The Balaban J connectivity index is 1.60. The third kappa shape index (κ3) is 5.94. The first-order valence-electron chi connectivity index (χ1n) is 10.1. The van der Waals surface area contributed by atoms with Crippen molar-refractivity contribution < 1.29 is 19.4 Å². The lowest BCUT2D eigenvalue weighted by molar-refractivity contribution is -0.0141. The first kappa shape index (κ1) is 21.1. The molecule has 6 nitrogen and oxygen atoms in total. The molecule has 6 heteroatoms. The number of carbonyl (C=O) groups is 1. The van der Waals surface area contributed by atoms with Gasteiger partial charge in [-0.25, -0.2) is 4.79 Å². The van der Waals surface area contributed by atoms with E-state index in [0.29, 0.717) is 18.9 Å². The summed E-state index contributed by atoms with van der Waals surface area (Å²) >= 11 is 0. The van der Waals surface area contributed by atoms with E-state index in [1.54, 1.807) is 11.1 Å². The molecule has 0 bridgehead atoms. The molecule has 156 valence electrons. The first-order chi connectivity index (χ1) is 13.9. The summed E-state index contributed by atoms with van der Waals surface area (Å²) < 4.78 is 11.4. The minimum absolute atomic E-state index is 0.0234. The number of benzene rings is 1. The van der Waals surface area contributed by atoms with Gasteiger partial charge in [-0.2, -0.15) is 0 Å². The SMILES string of the molecule is CC(C)(C)OC(=O)N1CCC1COc1cncc(-c2cccc(CCCO)c2)c1. The van der Waals surface area contributed by atoms with Gasteiger partial charge in [0, 0.05) is 24.9 Å². The number of hydrogen-bond acceptors (Lipinski definition) is 5. The second-order valence-corrected chi connectivity index (χ2v) is 8.36. The van der Waals surface area contributed by atoms with Crippen LogP contribution < -0.4 is 4.74 Å². The highest BCUT2D eigenvalue weighted by Crippen LogP contribution is 2.26. The van der Waals surface area contributed by atoms with Crippen molar-refractivity contribution >= 4 is 6.09 Å². The van der Waals surface area contributed by atoms with Crippen LogP contribution in [-0.2, 0) is 11.2 Å². The van der Waals surface area contributed by atoms with Crippen molar-refractivity contribution in [1.82, 2.24) is 9.88 Å². The second-order valence-electron chi connectivity index (χ2n) is 8.36. The lowest BCUT2D eigenvalue weighted by Crippen LogP contribution is -2.55. The zero-order valence-corrected chi connectivity index (χ0v) is 17.4. The van der Waals surface area contributed by atoms with Crippen LogP contribution in [-0.4, -0.2) is 52.5 Å². The highest BCUT2D eigenvalue weighted by atomic mass is 16.6. The first-order valence-corrected chi connectivity index (χ1v) is 10.1. The second kappa shape index (κ2) is 9.27. The largest absolute Gasteiger partial charge is 0.490 e. The minimum atomic E-state index is -0.498. The molecule has 1 saturated heterocycles. The summed E-state index contributed by atoms with van der Waals surface area (Å²) in [6.45, 7) is 6.91. The number of amides is 1. The van der Waals surface area contributed by atoms with Crippen LogP contribution in [0.15, 0.2) is 42.7 Å². The van der Waals surface area contributed by atoms with Crippen LogP contribution >= 0.6 is 0 Å². The number of pyridine rings is 1. The van der Waals surface area contributed by atoms with Gasteiger partial charge in [0.05, 0.1) is 12.2 Å². The van der Waals surface area contributed by atoms with E-state index in [4.69, 9.17) is 14.6 Å². The number of hydrogen-bond donors (Lipinski definition) is 1. The molecule has 1 fully saturated rings. The van der Waals surface area contributed by atoms with Crippen LogP contribution in [0.25, 0.3) is 11.1 Å². The van der Waals surface area contributed by atoms with E-state index in [1.165, 1.54) is 5.56 Å². The minimum Gasteiger partial charge on any atom is -0.490 e. The molecular formula is C23H30N2O4. The van der Waals surface area contributed by atoms with Gasteiger partial charge in [0.1, 0.15) is 18.0 Å². The van der Waals surface area contributed by atoms with Crippen LogP contribution in [0.2, 0.25) is 0 Å². The number of aliphatic hydroxyl groups excluding tert-OH is 1. The summed E-state index contributed by atoms with van der Waals surface area (Å²) in [7, 11) is 0. The molecule has 1 aromatic carbocycles. The highest BCUT2D eigenvalue weighted by molar-refractivity contribution is 5.69. The summed E-state index contributed by atoms with van der Waals surface area (Å²) in [4.78, 5) is 18.3. The molecular weight excluding hydrogens is 368 g/mol. The van der Waals surface area contributed by atoms with E-state index in [-0.39, 0.29) is 18.7 Å². The molecule has 2 heterocycles. The number of aliphatic hydroxyl groups is 1. The zero-order chi connectivity index (χ0) is 20.9. The van der Waals surface area contributed by atoms with Crippen molar-refractivity contribution in [2.75, 3.05) is 19.8 Å². The zero-order valence-electron chi connectivity index (χ0n) is 17.4. The Morgan fingerprint density at radius 2 is 2.07 bits per heavy atom. The molecule has 29 heavy (non-hydrogen) atoms. The molecule has 0 radical (unpaired) electrons. The van der Waals surface area contributed by atoms with Crippen LogP contribution in [0.4, 0.5) is 4.79 Å². The normalized spacial score (nSPS) is 16.3. The number of rotatable bonds is 7. The van der Waals surface area contributed by atoms with Crippen LogP contribution in [0.5, 0.6) is 5.75 Å². The molecule has 1 aliphatic rings. The number of carbonyl (C=O) groups excluding carboxylic acids is 1. The van der Waals surface area contributed by atoms with Crippen LogP contribution in [0.1, 0.15) is 39.2 Å². The molecule has 1 aromatic heterocycles. The summed E-state index contributed by atoms with van der Waals surface area (Å²) in [5, 5.41) is 9.03. The third-order valence-corrected chi connectivity index (χ3v) is 4.81. The Kier molecular flexibility index (Phi) is 6.75. The summed E-state index contributed by atoms with van der Waals surface area (Å²) in [6, 6.07) is 10.2. The molecule has 1 aliphatic heterocycles. The molecule has 2 aromatic rings. The lowest BCUT2D eigenvalue weighted by Gasteiger charge is -2.40. The third-order valence-electron chi connectivity index (χ3n) is 4.81. The van der Waals surface area contributed by atoms with Crippen molar-refractivity contribution in [3.8, 4) is 16.9 Å². The van der Waals surface area contributed by atoms with Crippen LogP contribution in [0.3, 0.4) is 0 Å². The van der Waals surface area contributed by atoms with Gasteiger partial charge in [0.25, 0.3) is 0 Å². The smallest absolute Gasteiger partial charge is 0.410 e. The maximum absolute atomic E-state index is 12.2. The number of aromatic nitrogens is 1. The van der Waals surface area contributed by atoms with Gasteiger partial charge >= 0.3 is 6.09 Å². The average molecular weight is 399 g/mol. The lowest BCUT2D eigenvalue weighted by atomic mass is 10.0. The predicted molar refractivity (Wildman–Crippen MR) is 112 cm³/mol. The molecule has 1 atom stereocenters. The molecule has 1 unspecified atom stereocenters. The fourth-order valence-corrected chi connectivity index (χ4v) is 3.21. The van der Waals surface area contributed by atoms with Gasteiger partial charge in [-0.15, -0.1) is 0 Å². The van der Waals surface area contributed by atoms with Crippen molar-refractivity contribution in [2.45, 2.75) is 51.7 Å². The maximum Gasteiger partial charge on any atom is 0.410 e. The fraction of sp³-hybridized carbons (Fsp3) is 0.478. The Bertz CT molecular complexity index is 832. The highest BCUT2D eigenvalue weighted by Gasteiger charge is 2.35. The van der Waals surface area contributed by atoms with Crippen molar-refractivity contribution in [3.05, 3.63) is 48.3 Å². The average Bonchev–Trinajstić information content (AvgIpc) is 2.64. The number of aryl methyl sites for hydroxylation is 1. The van der Waals surface area contributed by atoms with Gasteiger partial charge < -0.3 is 19.5 Å². The fourth-order valence-electron chi connectivity index (χ4n) is 3.21. The molecule has 0 spiro atoms. The van der Waals surface area contributed by atoms with Crippen LogP contribution in [0, 0.1) is 0 Å². The molecule has 1 amide bonds. The summed E-state index contributed by atoms with van der Waals surface area (Å²) in [5.74, 6) is 0.680. The Hall–Kier alpha value is -2.60. The molecule has 1 N–H and O–H groups in total. The van der Waals surface area contributed by atoms with Crippen molar-refractivity contribution in [1.29, 1.82) is 0 Å². The molecule has 0 aliphatic carbocycles. The number of likely N-dealkylation sites (tertiary alicyclic amines) is 1. The predicted octanol–water partition coefficient (Wildman–Crippen LogP) is 4.06. The van der Waals surface area contributed by atoms with Gasteiger partial charge in [0.15, 0.2) is 0 Å². The van der Waals surface area contributed by atoms with Gasteiger partial charge in [0.2, 0.25) is 0 Å². The van der Waals surface area contributed by atoms with E-state index >= 15 is 0 Å². The Morgan fingerprint density at radius 3 is 2.76 bits per heavy atom. The van der Waals surface area contributed by atoms with E-state index in [2.05, 4.69) is 17.1 Å². The van der Waals surface area contributed by atoms with E-state index in [1.807, 2.05) is 45.2 Å². The van der Waals surface area contributed by atoms with Gasteiger partial charge in [-0.05, 0) is 57.2 Å². The Morgan fingerprint density at radius 1 is 1.24 bits per heavy atom.